The van der Waals surface area contributed by atoms with Gasteiger partial charge in [0.05, 0.1) is 0 Å². The van der Waals surface area contributed by atoms with Crippen LogP contribution in [0, 0.1) is 5.92 Å². The molecule has 0 N–H and O–H groups in total. The monoisotopic (exact) mass is 289 g/mol. The standard InChI is InChI=1S/C17H27N3O/c1-3-5-8-15(4-2)17(21)20-13-11-19(12-14-20)16-9-6-7-10-18-16/h6-7,9-10,15H,3-5,8,11-14H2,1-2H3/t15-/m1/s1. The summed E-state index contributed by atoms with van der Waals surface area (Å²) in [5, 5.41) is 0. The molecule has 0 unspecified atom stereocenters. The maximum atomic E-state index is 12.6. The van der Waals surface area contributed by atoms with Crippen LogP contribution in [0.5, 0.6) is 0 Å². The van der Waals surface area contributed by atoms with Gasteiger partial charge in [-0.1, -0.05) is 32.8 Å². The van der Waals surface area contributed by atoms with Crippen LogP contribution in [0.15, 0.2) is 24.4 Å². The van der Waals surface area contributed by atoms with Gasteiger partial charge in [0.25, 0.3) is 0 Å². The Labute approximate surface area is 128 Å². The predicted octanol–water partition coefficient (Wildman–Crippen LogP) is 2.95. The summed E-state index contributed by atoms with van der Waals surface area (Å²) in [6, 6.07) is 5.98. The number of amides is 1. The molecule has 4 nitrogen and oxygen atoms in total. The summed E-state index contributed by atoms with van der Waals surface area (Å²) in [5.41, 5.74) is 0. The van der Waals surface area contributed by atoms with Crippen LogP contribution in [0.4, 0.5) is 5.82 Å². The Morgan fingerprint density at radius 1 is 1.24 bits per heavy atom. The summed E-state index contributed by atoms with van der Waals surface area (Å²) < 4.78 is 0. The number of hydrogen-bond acceptors (Lipinski definition) is 3. The number of rotatable bonds is 6. The summed E-state index contributed by atoms with van der Waals surface area (Å²) in [6.45, 7) is 7.71. The molecule has 0 spiro atoms. The Morgan fingerprint density at radius 2 is 2.00 bits per heavy atom. The van der Waals surface area contributed by atoms with Crippen LogP contribution in [-0.2, 0) is 4.79 Å². The van der Waals surface area contributed by atoms with Gasteiger partial charge in [0.15, 0.2) is 0 Å². The Bertz CT molecular complexity index is 427. The molecule has 1 saturated heterocycles. The smallest absolute Gasteiger partial charge is 0.225 e. The van der Waals surface area contributed by atoms with Crippen LogP contribution >= 0.6 is 0 Å². The highest BCUT2D eigenvalue weighted by Gasteiger charge is 2.26. The molecule has 0 aliphatic carbocycles. The highest BCUT2D eigenvalue weighted by Crippen LogP contribution is 2.18. The van der Waals surface area contributed by atoms with Gasteiger partial charge in [0.2, 0.25) is 5.91 Å². The fourth-order valence-corrected chi connectivity index (χ4v) is 2.91. The average molecular weight is 289 g/mol. The van der Waals surface area contributed by atoms with Gasteiger partial charge in [0.1, 0.15) is 5.82 Å². The number of pyridine rings is 1. The van der Waals surface area contributed by atoms with Crippen molar-refractivity contribution >= 4 is 11.7 Å². The van der Waals surface area contributed by atoms with Gasteiger partial charge in [-0.05, 0) is 25.0 Å². The molecule has 0 saturated carbocycles. The van der Waals surface area contributed by atoms with E-state index in [-0.39, 0.29) is 5.92 Å². The first-order valence-electron chi connectivity index (χ1n) is 8.21. The zero-order chi connectivity index (χ0) is 15.1. The highest BCUT2D eigenvalue weighted by atomic mass is 16.2. The van der Waals surface area contributed by atoms with Gasteiger partial charge in [0, 0.05) is 38.3 Å². The van der Waals surface area contributed by atoms with Crippen LogP contribution in [0.2, 0.25) is 0 Å². The topological polar surface area (TPSA) is 36.4 Å². The van der Waals surface area contributed by atoms with E-state index in [9.17, 15) is 4.79 Å². The minimum absolute atomic E-state index is 0.214. The zero-order valence-electron chi connectivity index (χ0n) is 13.3. The second-order valence-corrected chi connectivity index (χ2v) is 5.75. The minimum atomic E-state index is 0.214. The van der Waals surface area contributed by atoms with E-state index in [4.69, 9.17) is 0 Å². The van der Waals surface area contributed by atoms with Crippen molar-refractivity contribution in [3.63, 3.8) is 0 Å². The Kier molecular flexibility index (Phi) is 6.03. The lowest BCUT2D eigenvalue weighted by molar-refractivity contribution is -0.136. The third kappa shape index (κ3) is 4.19. The normalized spacial score (nSPS) is 16.9. The van der Waals surface area contributed by atoms with E-state index in [1.807, 2.05) is 29.3 Å². The number of unbranched alkanes of at least 4 members (excludes halogenated alkanes) is 1. The molecule has 0 bridgehead atoms. The van der Waals surface area contributed by atoms with Crippen molar-refractivity contribution in [2.24, 2.45) is 5.92 Å². The quantitative estimate of drug-likeness (QED) is 0.808. The van der Waals surface area contributed by atoms with Crippen molar-refractivity contribution in [3.8, 4) is 0 Å². The molecule has 1 aliphatic rings. The SMILES string of the molecule is CCCC[C@@H](CC)C(=O)N1CCN(c2ccccn2)CC1. The van der Waals surface area contributed by atoms with E-state index < -0.39 is 0 Å². The molecule has 1 aliphatic heterocycles. The molecular formula is C17H27N3O. The molecule has 1 aromatic heterocycles. The van der Waals surface area contributed by atoms with E-state index in [0.29, 0.717) is 5.91 Å². The lowest BCUT2D eigenvalue weighted by Crippen LogP contribution is -2.50. The number of hydrogen-bond donors (Lipinski definition) is 0. The van der Waals surface area contributed by atoms with Gasteiger partial charge < -0.3 is 9.80 Å². The number of aromatic nitrogens is 1. The first-order valence-corrected chi connectivity index (χ1v) is 8.21. The largest absolute Gasteiger partial charge is 0.353 e. The van der Waals surface area contributed by atoms with Gasteiger partial charge in [-0.2, -0.15) is 0 Å². The summed E-state index contributed by atoms with van der Waals surface area (Å²) in [7, 11) is 0. The van der Waals surface area contributed by atoms with Crippen molar-refractivity contribution < 1.29 is 4.79 Å². The fourth-order valence-electron chi connectivity index (χ4n) is 2.91. The summed E-state index contributed by atoms with van der Waals surface area (Å²) >= 11 is 0. The third-order valence-corrected chi connectivity index (χ3v) is 4.31. The molecule has 1 fully saturated rings. The maximum Gasteiger partial charge on any atom is 0.225 e. The second kappa shape index (κ2) is 8.01. The van der Waals surface area contributed by atoms with E-state index in [1.165, 1.54) is 0 Å². The van der Waals surface area contributed by atoms with E-state index in [2.05, 4.69) is 23.7 Å². The Morgan fingerprint density at radius 3 is 2.57 bits per heavy atom. The molecule has 1 atom stereocenters. The van der Waals surface area contributed by atoms with Crippen LogP contribution in [0.3, 0.4) is 0 Å². The van der Waals surface area contributed by atoms with E-state index >= 15 is 0 Å². The molecule has 0 aromatic carbocycles. The number of piperazine rings is 1. The number of anilines is 1. The summed E-state index contributed by atoms with van der Waals surface area (Å²) in [4.78, 5) is 21.3. The number of nitrogens with zero attached hydrogens (tertiary/aromatic N) is 3. The van der Waals surface area contributed by atoms with Crippen LogP contribution in [0.25, 0.3) is 0 Å². The van der Waals surface area contributed by atoms with Crippen molar-refractivity contribution in [2.75, 3.05) is 31.1 Å². The van der Waals surface area contributed by atoms with E-state index in [1.54, 1.807) is 0 Å². The van der Waals surface area contributed by atoms with Crippen molar-refractivity contribution in [1.82, 2.24) is 9.88 Å². The molecule has 116 valence electrons. The lowest BCUT2D eigenvalue weighted by atomic mass is 9.97. The first kappa shape index (κ1) is 15.8. The van der Waals surface area contributed by atoms with E-state index in [0.717, 1.165) is 57.7 Å². The molecule has 2 rings (SSSR count). The molecule has 1 aromatic rings. The zero-order valence-corrected chi connectivity index (χ0v) is 13.3. The number of carbonyl (C=O) groups is 1. The van der Waals surface area contributed by atoms with Gasteiger partial charge in [-0.15, -0.1) is 0 Å². The van der Waals surface area contributed by atoms with Gasteiger partial charge in [-0.3, -0.25) is 4.79 Å². The first-order chi connectivity index (χ1) is 10.3. The Balaban J connectivity index is 1.86. The molecule has 1 amide bonds. The molecular weight excluding hydrogens is 262 g/mol. The maximum absolute atomic E-state index is 12.6. The average Bonchev–Trinajstić information content (AvgIpc) is 2.56. The third-order valence-electron chi connectivity index (χ3n) is 4.31. The summed E-state index contributed by atoms with van der Waals surface area (Å²) in [5.74, 6) is 1.58. The Hall–Kier alpha value is -1.58. The fraction of sp³-hybridized carbons (Fsp3) is 0.647. The molecule has 4 heteroatoms. The van der Waals surface area contributed by atoms with Crippen LogP contribution in [-0.4, -0.2) is 42.0 Å². The van der Waals surface area contributed by atoms with Crippen LogP contribution in [0.1, 0.15) is 39.5 Å². The molecule has 0 radical (unpaired) electrons. The molecule has 2 heterocycles. The second-order valence-electron chi connectivity index (χ2n) is 5.75. The van der Waals surface area contributed by atoms with Crippen molar-refractivity contribution in [3.05, 3.63) is 24.4 Å². The predicted molar refractivity (Wildman–Crippen MR) is 86.3 cm³/mol. The van der Waals surface area contributed by atoms with Gasteiger partial charge in [-0.25, -0.2) is 4.98 Å². The highest BCUT2D eigenvalue weighted by molar-refractivity contribution is 5.79. The number of carbonyl (C=O) groups excluding carboxylic acids is 1. The minimum Gasteiger partial charge on any atom is -0.353 e. The van der Waals surface area contributed by atoms with Crippen LogP contribution < -0.4 is 4.90 Å². The molecule has 21 heavy (non-hydrogen) atoms. The van der Waals surface area contributed by atoms with Gasteiger partial charge >= 0.3 is 0 Å². The lowest BCUT2D eigenvalue weighted by Gasteiger charge is -2.37. The summed E-state index contributed by atoms with van der Waals surface area (Å²) in [6.07, 6.45) is 6.13. The van der Waals surface area contributed by atoms with Crippen molar-refractivity contribution in [2.45, 2.75) is 39.5 Å². The van der Waals surface area contributed by atoms with Crippen molar-refractivity contribution in [1.29, 1.82) is 0 Å².